The second-order valence-corrected chi connectivity index (χ2v) is 10.7. The first-order valence-electron chi connectivity index (χ1n) is 12.1. The molecule has 0 spiro atoms. The van der Waals surface area contributed by atoms with Crippen LogP contribution in [0.15, 0.2) is 47.6 Å². The summed E-state index contributed by atoms with van der Waals surface area (Å²) in [4.78, 5) is 0. The topological polar surface area (TPSA) is 60.7 Å². The summed E-state index contributed by atoms with van der Waals surface area (Å²) in [7, 11) is 0. The van der Waals surface area contributed by atoms with Gasteiger partial charge in [0.1, 0.15) is 0 Å². The van der Waals surface area contributed by atoms with Crippen LogP contribution in [0.25, 0.3) is 0 Å². The lowest BCUT2D eigenvalue weighted by molar-refractivity contribution is 0.0862. The van der Waals surface area contributed by atoms with Crippen molar-refractivity contribution in [3.63, 3.8) is 0 Å². The molecule has 0 aromatic rings. The van der Waals surface area contributed by atoms with Crippen LogP contribution in [-0.2, 0) is 0 Å². The van der Waals surface area contributed by atoms with E-state index < -0.39 is 12.2 Å². The number of hydrogen-bond donors (Lipinski definition) is 3. The molecule has 166 valence electrons. The third-order valence-electron chi connectivity index (χ3n) is 8.65. The first kappa shape index (κ1) is 22.0. The molecule has 0 bridgehead atoms. The van der Waals surface area contributed by atoms with Gasteiger partial charge in [-0.2, -0.15) is 0 Å². The van der Waals surface area contributed by atoms with Crippen LogP contribution in [0.5, 0.6) is 0 Å². The molecular weight excluding hydrogens is 372 g/mol. The fourth-order valence-electron chi connectivity index (χ4n) is 6.63. The maximum absolute atomic E-state index is 10.2. The Bertz CT molecular complexity index is 743. The lowest BCUT2D eigenvalue weighted by Crippen LogP contribution is -2.35. The minimum absolute atomic E-state index is 0.250. The predicted octanol–water partition coefficient (Wildman–Crippen LogP) is 5.09. The SMILES string of the molecule is C=C1/C(=C/C=C2\CCC[C@@]3(C)[C@@H]([C@H](C)/C=C/[C@@H](O)C4CC4)CC[C@@H]23)C[C@H](O)C[C@H]1O. The first-order chi connectivity index (χ1) is 14.3. The van der Waals surface area contributed by atoms with Crippen molar-refractivity contribution in [3.05, 3.63) is 47.6 Å². The molecule has 3 N–H and O–H groups in total. The number of fused-ring (bicyclic) bond motifs is 1. The highest BCUT2D eigenvalue weighted by Gasteiger charge is 2.50. The van der Waals surface area contributed by atoms with Crippen molar-refractivity contribution >= 4 is 0 Å². The highest BCUT2D eigenvalue weighted by atomic mass is 16.3. The minimum Gasteiger partial charge on any atom is -0.393 e. The molecule has 0 saturated heterocycles. The highest BCUT2D eigenvalue weighted by molar-refractivity contribution is 5.38. The lowest BCUT2D eigenvalue weighted by Gasteiger charge is -2.44. The molecule has 3 nitrogen and oxygen atoms in total. The molecule has 3 heteroatoms. The summed E-state index contributed by atoms with van der Waals surface area (Å²) in [6.07, 6.45) is 16.9. The Morgan fingerprint density at radius 2 is 1.87 bits per heavy atom. The first-order valence-corrected chi connectivity index (χ1v) is 12.1. The Labute approximate surface area is 182 Å². The predicted molar refractivity (Wildman–Crippen MR) is 122 cm³/mol. The summed E-state index contributed by atoms with van der Waals surface area (Å²) in [5, 5.41) is 30.4. The monoisotopic (exact) mass is 412 g/mol. The highest BCUT2D eigenvalue weighted by Crippen LogP contribution is 2.59. The minimum atomic E-state index is -0.621. The average molecular weight is 413 g/mol. The van der Waals surface area contributed by atoms with Gasteiger partial charge in [-0.25, -0.2) is 0 Å². The summed E-state index contributed by atoms with van der Waals surface area (Å²) >= 11 is 0. The van der Waals surface area contributed by atoms with Crippen LogP contribution in [-0.4, -0.2) is 33.6 Å². The third-order valence-corrected chi connectivity index (χ3v) is 8.65. The summed E-state index contributed by atoms with van der Waals surface area (Å²) in [5.74, 6) is 2.28. The zero-order valence-corrected chi connectivity index (χ0v) is 18.8. The molecule has 0 radical (unpaired) electrons. The molecule has 0 aromatic carbocycles. The van der Waals surface area contributed by atoms with Gasteiger partial charge in [0.25, 0.3) is 0 Å². The van der Waals surface area contributed by atoms with Crippen molar-refractivity contribution in [3.8, 4) is 0 Å². The van der Waals surface area contributed by atoms with Crippen LogP contribution in [0.3, 0.4) is 0 Å². The van der Waals surface area contributed by atoms with E-state index in [4.69, 9.17) is 0 Å². The van der Waals surface area contributed by atoms with E-state index in [1.807, 2.05) is 0 Å². The summed E-state index contributed by atoms with van der Waals surface area (Å²) in [6, 6.07) is 0. The maximum atomic E-state index is 10.2. The molecule has 0 aromatic heterocycles. The van der Waals surface area contributed by atoms with E-state index >= 15 is 0 Å². The molecule has 7 atom stereocenters. The fraction of sp³-hybridized carbons (Fsp3) is 0.704. The van der Waals surface area contributed by atoms with Gasteiger partial charge in [-0.1, -0.05) is 50.3 Å². The van der Waals surface area contributed by atoms with Gasteiger partial charge >= 0.3 is 0 Å². The Balaban J connectivity index is 1.48. The smallest absolute Gasteiger partial charge is 0.0811 e. The van der Waals surface area contributed by atoms with Gasteiger partial charge in [-0.15, -0.1) is 0 Å². The molecule has 4 aliphatic carbocycles. The zero-order chi connectivity index (χ0) is 21.5. The molecule has 30 heavy (non-hydrogen) atoms. The van der Waals surface area contributed by atoms with E-state index in [0.717, 1.165) is 17.6 Å². The van der Waals surface area contributed by atoms with Crippen LogP contribution in [0.1, 0.15) is 71.6 Å². The number of aliphatic hydroxyl groups excluding tert-OH is 3. The maximum Gasteiger partial charge on any atom is 0.0811 e. The zero-order valence-electron chi connectivity index (χ0n) is 18.8. The van der Waals surface area contributed by atoms with Crippen molar-refractivity contribution in [1.82, 2.24) is 0 Å². The number of rotatable bonds is 5. The molecule has 0 amide bonds. The van der Waals surface area contributed by atoms with Gasteiger partial charge < -0.3 is 15.3 Å². The van der Waals surface area contributed by atoms with E-state index in [-0.39, 0.29) is 6.10 Å². The molecule has 4 saturated carbocycles. The van der Waals surface area contributed by atoms with E-state index in [9.17, 15) is 15.3 Å². The van der Waals surface area contributed by atoms with Crippen molar-refractivity contribution in [2.75, 3.05) is 0 Å². The van der Waals surface area contributed by atoms with Crippen molar-refractivity contribution in [2.45, 2.75) is 89.9 Å². The Morgan fingerprint density at radius 1 is 1.10 bits per heavy atom. The van der Waals surface area contributed by atoms with Crippen LogP contribution in [0.4, 0.5) is 0 Å². The van der Waals surface area contributed by atoms with Gasteiger partial charge in [-0.05, 0) is 91.6 Å². The average Bonchev–Trinajstić information content (AvgIpc) is 3.49. The number of hydrogen-bond acceptors (Lipinski definition) is 3. The molecule has 0 aliphatic heterocycles. The molecule has 0 unspecified atom stereocenters. The van der Waals surface area contributed by atoms with Crippen LogP contribution < -0.4 is 0 Å². The fourth-order valence-corrected chi connectivity index (χ4v) is 6.63. The summed E-state index contributed by atoms with van der Waals surface area (Å²) in [6.45, 7) is 8.88. The van der Waals surface area contributed by atoms with Gasteiger partial charge in [0.2, 0.25) is 0 Å². The second kappa shape index (κ2) is 8.76. The summed E-state index contributed by atoms with van der Waals surface area (Å²) in [5.41, 5.74) is 3.63. The van der Waals surface area contributed by atoms with E-state index in [0.29, 0.717) is 41.9 Å². The Morgan fingerprint density at radius 3 is 2.60 bits per heavy atom. The van der Waals surface area contributed by atoms with Crippen molar-refractivity contribution in [1.29, 1.82) is 0 Å². The van der Waals surface area contributed by atoms with Crippen molar-refractivity contribution < 1.29 is 15.3 Å². The largest absolute Gasteiger partial charge is 0.393 e. The molecule has 4 rings (SSSR count). The molecule has 4 fully saturated rings. The third kappa shape index (κ3) is 4.40. The standard InChI is InChI=1S/C27H40O3/c1-17(6-13-25(29)20-8-9-20)23-11-12-24-19(5-4-14-27(23,24)3)7-10-21-15-22(28)16-26(30)18(21)2/h6-7,10,13,17,20,22-26,28-30H,2,4-5,8-9,11-12,14-16H2,1,3H3/b13-6+,19-7+,21-10+/t17-,22+,23-,24+,25-,26-,27+/m1/s1. The number of aliphatic hydroxyl groups is 3. The molecule has 0 heterocycles. The Kier molecular flexibility index (Phi) is 6.44. The van der Waals surface area contributed by atoms with Gasteiger partial charge in [0.15, 0.2) is 0 Å². The normalized spacial score (nSPS) is 42.1. The van der Waals surface area contributed by atoms with Crippen molar-refractivity contribution in [2.24, 2.45) is 29.1 Å². The van der Waals surface area contributed by atoms with Gasteiger partial charge in [0, 0.05) is 6.42 Å². The van der Waals surface area contributed by atoms with E-state index in [1.54, 1.807) is 0 Å². The number of allylic oxidation sites excluding steroid dienone is 4. The molecule has 4 aliphatic rings. The van der Waals surface area contributed by atoms with Crippen LogP contribution in [0.2, 0.25) is 0 Å². The summed E-state index contributed by atoms with van der Waals surface area (Å²) < 4.78 is 0. The van der Waals surface area contributed by atoms with Gasteiger partial charge in [0.05, 0.1) is 18.3 Å². The van der Waals surface area contributed by atoms with E-state index in [1.165, 1.54) is 44.1 Å². The van der Waals surface area contributed by atoms with Gasteiger partial charge in [-0.3, -0.25) is 0 Å². The second-order valence-electron chi connectivity index (χ2n) is 10.7. The Hall–Kier alpha value is -1.16. The molecular formula is C27H40O3. The van der Waals surface area contributed by atoms with E-state index in [2.05, 4.69) is 44.7 Å². The quantitative estimate of drug-likeness (QED) is 0.551. The lowest BCUT2D eigenvalue weighted by atomic mass is 9.61. The van der Waals surface area contributed by atoms with Crippen LogP contribution in [0, 0.1) is 29.1 Å². The van der Waals surface area contributed by atoms with Crippen LogP contribution >= 0.6 is 0 Å².